The van der Waals surface area contributed by atoms with Crippen molar-refractivity contribution < 1.29 is 9.90 Å². The van der Waals surface area contributed by atoms with E-state index in [1.54, 1.807) is 10.9 Å². The molecule has 0 radical (unpaired) electrons. The monoisotopic (exact) mass is 296 g/mol. The lowest BCUT2D eigenvalue weighted by atomic mass is 9.79. The van der Waals surface area contributed by atoms with E-state index in [1.807, 2.05) is 14.0 Å². The summed E-state index contributed by atoms with van der Waals surface area (Å²) in [6, 6.07) is -0.178. The summed E-state index contributed by atoms with van der Waals surface area (Å²) in [5.41, 5.74) is 2.04. The van der Waals surface area contributed by atoms with E-state index in [9.17, 15) is 9.90 Å². The molecule has 0 saturated carbocycles. The van der Waals surface area contributed by atoms with Gasteiger partial charge in [0, 0.05) is 38.0 Å². The van der Waals surface area contributed by atoms with Gasteiger partial charge in [-0.15, -0.1) is 0 Å². The zero-order chi connectivity index (χ0) is 15.9. The van der Waals surface area contributed by atoms with E-state index < -0.39 is 0 Å². The first kappa shape index (κ1) is 17.5. The molecule has 0 fully saturated rings. The Kier molecular flexibility index (Phi) is 6.68. The Balaban J connectivity index is 2.44. The van der Waals surface area contributed by atoms with E-state index in [1.165, 1.54) is 0 Å². The predicted octanol–water partition coefficient (Wildman–Crippen LogP) is 1.72. The van der Waals surface area contributed by atoms with Crippen molar-refractivity contribution >= 4 is 6.03 Å². The fourth-order valence-electron chi connectivity index (χ4n) is 2.40. The van der Waals surface area contributed by atoms with Crippen molar-refractivity contribution in [3.05, 3.63) is 17.5 Å². The molecular weight excluding hydrogens is 268 g/mol. The molecule has 3 N–H and O–H groups in total. The molecule has 1 aromatic rings. The van der Waals surface area contributed by atoms with Gasteiger partial charge in [-0.05, 0) is 31.6 Å². The van der Waals surface area contributed by atoms with Crippen LogP contribution in [0.3, 0.4) is 0 Å². The highest BCUT2D eigenvalue weighted by Gasteiger charge is 2.26. The highest BCUT2D eigenvalue weighted by molar-refractivity contribution is 5.73. The molecule has 6 nitrogen and oxygen atoms in total. The second-order valence-electron chi connectivity index (χ2n) is 5.60. The number of amides is 2. The van der Waals surface area contributed by atoms with Gasteiger partial charge in [-0.2, -0.15) is 5.10 Å². The highest BCUT2D eigenvalue weighted by Crippen LogP contribution is 2.29. The number of aliphatic hydroxyl groups excluding tert-OH is 1. The number of urea groups is 1. The van der Waals surface area contributed by atoms with Gasteiger partial charge in [0.15, 0.2) is 0 Å². The summed E-state index contributed by atoms with van der Waals surface area (Å²) < 4.78 is 1.79. The fraction of sp³-hybridized carbons (Fsp3) is 0.733. The van der Waals surface area contributed by atoms with Gasteiger partial charge in [-0.25, -0.2) is 4.79 Å². The lowest BCUT2D eigenvalue weighted by Gasteiger charge is -2.31. The number of nitrogens with one attached hydrogen (secondary N) is 2. The summed E-state index contributed by atoms with van der Waals surface area (Å²) in [5, 5.41) is 19.1. The highest BCUT2D eigenvalue weighted by atomic mass is 16.3. The van der Waals surface area contributed by atoms with Crippen molar-refractivity contribution in [2.24, 2.45) is 12.5 Å². The Hall–Kier alpha value is -1.56. The van der Waals surface area contributed by atoms with Crippen molar-refractivity contribution in [1.29, 1.82) is 0 Å². The van der Waals surface area contributed by atoms with Crippen LogP contribution < -0.4 is 10.6 Å². The number of nitrogens with zero attached hydrogens (tertiary/aromatic N) is 2. The van der Waals surface area contributed by atoms with Gasteiger partial charge in [0.2, 0.25) is 0 Å². The van der Waals surface area contributed by atoms with Crippen LogP contribution in [0.5, 0.6) is 0 Å². The third-order valence-electron chi connectivity index (χ3n) is 4.54. The van der Waals surface area contributed by atoms with Crippen molar-refractivity contribution in [3.63, 3.8) is 0 Å². The normalized spacial score (nSPS) is 11.5. The molecule has 0 unspecified atom stereocenters. The van der Waals surface area contributed by atoms with Crippen LogP contribution in [-0.2, 0) is 13.6 Å². The number of rotatable bonds is 8. The SMILES string of the molecule is CCC(CC)(CCO)CNC(=O)NCc1cnn(C)c1C. The molecule has 0 aliphatic heterocycles. The minimum absolute atomic E-state index is 0.0176. The lowest BCUT2D eigenvalue weighted by Crippen LogP contribution is -2.42. The van der Waals surface area contributed by atoms with Crippen molar-refractivity contribution in [2.45, 2.75) is 46.6 Å². The molecule has 0 saturated heterocycles. The molecule has 0 aliphatic carbocycles. The summed E-state index contributed by atoms with van der Waals surface area (Å²) in [5.74, 6) is 0. The van der Waals surface area contributed by atoms with Gasteiger partial charge in [-0.1, -0.05) is 13.8 Å². The van der Waals surface area contributed by atoms with Gasteiger partial charge >= 0.3 is 6.03 Å². The summed E-state index contributed by atoms with van der Waals surface area (Å²) in [7, 11) is 1.88. The molecule has 1 aromatic heterocycles. The first-order valence-corrected chi connectivity index (χ1v) is 7.58. The molecule has 6 heteroatoms. The number of carbonyl (C=O) groups excluding carboxylic acids is 1. The summed E-state index contributed by atoms with van der Waals surface area (Å²) in [6.45, 7) is 7.37. The summed E-state index contributed by atoms with van der Waals surface area (Å²) in [4.78, 5) is 11.9. The maximum absolute atomic E-state index is 11.9. The third-order valence-corrected chi connectivity index (χ3v) is 4.54. The van der Waals surface area contributed by atoms with Crippen molar-refractivity contribution in [1.82, 2.24) is 20.4 Å². The van der Waals surface area contributed by atoms with E-state index in [0.717, 1.165) is 24.1 Å². The van der Waals surface area contributed by atoms with Gasteiger partial charge in [0.25, 0.3) is 0 Å². The molecular formula is C15H28N4O2. The van der Waals surface area contributed by atoms with Crippen LogP contribution in [0, 0.1) is 12.3 Å². The van der Waals surface area contributed by atoms with Crippen LogP contribution >= 0.6 is 0 Å². The Bertz CT molecular complexity index is 453. The van der Waals surface area contributed by atoms with Crippen molar-refractivity contribution in [2.75, 3.05) is 13.2 Å². The fourth-order valence-corrected chi connectivity index (χ4v) is 2.40. The molecule has 0 aromatic carbocycles. The number of hydrogen-bond donors (Lipinski definition) is 3. The smallest absolute Gasteiger partial charge is 0.315 e. The van der Waals surface area contributed by atoms with Crippen LogP contribution in [0.15, 0.2) is 6.20 Å². The van der Waals surface area contributed by atoms with Crippen LogP contribution in [0.2, 0.25) is 0 Å². The van der Waals surface area contributed by atoms with Gasteiger partial charge in [-0.3, -0.25) is 4.68 Å². The Morgan fingerprint density at radius 1 is 1.38 bits per heavy atom. The van der Waals surface area contributed by atoms with Gasteiger partial charge < -0.3 is 15.7 Å². The van der Waals surface area contributed by atoms with Crippen molar-refractivity contribution in [3.8, 4) is 0 Å². The molecule has 0 aliphatic rings. The summed E-state index contributed by atoms with van der Waals surface area (Å²) in [6.07, 6.45) is 4.35. The van der Waals surface area contributed by atoms with E-state index in [-0.39, 0.29) is 18.1 Å². The molecule has 0 atom stereocenters. The lowest BCUT2D eigenvalue weighted by molar-refractivity contribution is 0.163. The van der Waals surface area contributed by atoms with Gasteiger partial charge in [0.05, 0.1) is 6.20 Å². The number of aliphatic hydroxyl groups is 1. The number of aryl methyl sites for hydroxylation is 1. The first-order valence-electron chi connectivity index (χ1n) is 7.58. The van der Waals surface area contributed by atoms with E-state index in [2.05, 4.69) is 29.6 Å². The molecule has 21 heavy (non-hydrogen) atoms. The predicted molar refractivity (Wildman–Crippen MR) is 82.9 cm³/mol. The topological polar surface area (TPSA) is 79.2 Å². The zero-order valence-electron chi connectivity index (χ0n) is 13.6. The maximum Gasteiger partial charge on any atom is 0.315 e. The summed E-state index contributed by atoms with van der Waals surface area (Å²) >= 11 is 0. The molecule has 2 amide bonds. The standard InChI is InChI=1S/C15H28N4O2/c1-5-15(6-2,7-8-20)11-17-14(21)16-9-13-10-18-19(4)12(13)3/h10,20H,5-9,11H2,1-4H3,(H2,16,17,21). The van der Waals surface area contributed by atoms with Crippen LogP contribution in [0.25, 0.3) is 0 Å². The number of hydrogen-bond acceptors (Lipinski definition) is 3. The molecule has 120 valence electrons. The van der Waals surface area contributed by atoms with Crippen LogP contribution in [0.1, 0.15) is 44.4 Å². The zero-order valence-corrected chi connectivity index (χ0v) is 13.6. The Morgan fingerprint density at radius 3 is 2.52 bits per heavy atom. The third kappa shape index (κ3) is 4.74. The van der Waals surface area contributed by atoms with E-state index in [0.29, 0.717) is 19.5 Å². The molecule has 0 spiro atoms. The maximum atomic E-state index is 11.9. The second kappa shape index (κ2) is 8.02. The van der Waals surface area contributed by atoms with Crippen LogP contribution in [0.4, 0.5) is 4.79 Å². The quantitative estimate of drug-likeness (QED) is 0.683. The molecule has 1 heterocycles. The van der Waals surface area contributed by atoms with E-state index in [4.69, 9.17) is 0 Å². The average molecular weight is 296 g/mol. The van der Waals surface area contributed by atoms with E-state index >= 15 is 0 Å². The average Bonchev–Trinajstić information content (AvgIpc) is 2.81. The Labute approximate surface area is 126 Å². The number of aromatic nitrogens is 2. The van der Waals surface area contributed by atoms with Crippen LogP contribution in [-0.4, -0.2) is 34.1 Å². The number of carbonyl (C=O) groups is 1. The molecule has 0 bridgehead atoms. The largest absolute Gasteiger partial charge is 0.396 e. The second-order valence-corrected chi connectivity index (χ2v) is 5.60. The first-order chi connectivity index (χ1) is 9.98. The Morgan fingerprint density at radius 2 is 2.05 bits per heavy atom. The minimum Gasteiger partial charge on any atom is -0.396 e. The minimum atomic E-state index is -0.178. The molecule has 1 rings (SSSR count). The van der Waals surface area contributed by atoms with Gasteiger partial charge in [0.1, 0.15) is 0 Å².